The van der Waals surface area contributed by atoms with Crippen molar-refractivity contribution in [1.29, 1.82) is 0 Å². The second-order valence-electron chi connectivity index (χ2n) is 15.6. The van der Waals surface area contributed by atoms with Crippen LogP contribution in [0.1, 0.15) is 0 Å². The summed E-state index contributed by atoms with van der Waals surface area (Å²) in [5.74, 6) is 1.78. The van der Waals surface area contributed by atoms with E-state index in [0.717, 1.165) is 83.2 Å². The summed E-state index contributed by atoms with van der Waals surface area (Å²) in [5, 5.41) is 4.47. The summed E-state index contributed by atoms with van der Waals surface area (Å²) in [5.41, 5.74) is 14.3. The Labute approximate surface area is 357 Å². The van der Waals surface area contributed by atoms with E-state index in [1.165, 1.54) is 16.3 Å². The summed E-state index contributed by atoms with van der Waals surface area (Å²) in [6.07, 6.45) is 0. The molecule has 3 aromatic heterocycles. The van der Waals surface area contributed by atoms with Gasteiger partial charge in [-0.15, -0.1) is 0 Å². The number of nitrogens with zero attached hydrogens (tertiary/aromatic N) is 4. The van der Waals surface area contributed by atoms with Crippen LogP contribution < -0.4 is 0 Å². The van der Waals surface area contributed by atoms with Crippen LogP contribution in [0, 0.1) is 0 Å². The van der Waals surface area contributed by atoms with Gasteiger partial charge >= 0.3 is 0 Å². The van der Waals surface area contributed by atoms with Crippen LogP contribution >= 0.6 is 0 Å². The maximum atomic E-state index is 6.96. The lowest BCUT2D eigenvalue weighted by atomic mass is 9.97. The first-order valence-corrected chi connectivity index (χ1v) is 20.8. The zero-order valence-corrected chi connectivity index (χ0v) is 33.5. The molecule has 0 saturated carbocycles. The third-order valence-corrected chi connectivity index (χ3v) is 11.8. The first-order valence-electron chi connectivity index (χ1n) is 20.8. The van der Waals surface area contributed by atoms with Gasteiger partial charge in [0, 0.05) is 32.8 Å². The van der Waals surface area contributed by atoms with Gasteiger partial charge in [0.25, 0.3) is 0 Å². The lowest BCUT2D eigenvalue weighted by Crippen LogP contribution is -2.00. The molecule has 0 fully saturated rings. The molecule has 0 spiro atoms. The quantitative estimate of drug-likeness (QED) is 0.161. The minimum Gasteiger partial charge on any atom is -0.456 e. The summed E-state index contributed by atoms with van der Waals surface area (Å²) in [4.78, 5) is 15.3. The Kier molecular flexibility index (Phi) is 8.42. The first-order chi connectivity index (χ1) is 30.7. The van der Waals surface area contributed by atoms with Gasteiger partial charge in [-0.05, 0) is 81.9 Å². The average molecular weight is 793 g/mol. The van der Waals surface area contributed by atoms with E-state index in [1.807, 2.05) is 36.4 Å². The van der Waals surface area contributed by atoms with E-state index in [1.54, 1.807) is 0 Å². The summed E-state index contributed by atoms with van der Waals surface area (Å²) < 4.78 is 9.36. The van der Waals surface area contributed by atoms with Crippen LogP contribution in [0.25, 0.3) is 117 Å². The van der Waals surface area contributed by atoms with Crippen molar-refractivity contribution in [2.45, 2.75) is 0 Å². The Bertz CT molecular complexity index is 3580. The van der Waals surface area contributed by atoms with Crippen LogP contribution in [0.4, 0.5) is 0 Å². The molecule has 0 aliphatic carbocycles. The van der Waals surface area contributed by atoms with E-state index < -0.39 is 0 Å². The molecular weight excluding hydrogens is 757 g/mol. The third kappa shape index (κ3) is 6.14. The van der Waals surface area contributed by atoms with Crippen LogP contribution in [-0.2, 0) is 0 Å². The fraction of sp³-hybridized carbons (Fsp3) is 0. The number of benzene rings is 9. The predicted octanol–water partition coefficient (Wildman–Crippen LogP) is 14.9. The average Bonchev–Trinajstić information content (AvgIpc) is 3.90. The van der Waals surface area contributed by atoms with Crippen molar-refractivity contribution in [3.63, 3.8) is 0 Å². The second-order valence-corrected chi connectivity index (χ2v) is 15.6. The molecule has 290 valence electrons. The minimum atomic E-state index is 0.572. The molecule has 12 rings (SSSR count). The van der Waals surface area contributed by atoms with Crippen molar-refractivity contribution in [1.82, 2.24) is 19.5 Å². The van der Waals surface area contributed by atoms with E-state index in [4.69, 9.17) is 19.4 Å². The number of rotatable bonds is 7. The van der Waals surface area contributed by atoms with Crippen LogP contribution in [0.2, 0.25) is 0 Å². The van der Waals surface area contributed by atoms with E-state index in [2.05, 4.69) is 187 Å². The lowest BCUT2D eigenvalue weighted by molar-refractivity contribution is 0.669. The van der Waals surface area contributed by atoms with Crippen molar-refractivity contribution >= 4 is 43.7 Å². The molecule has 0 unspecified atom stereocenters. The fourth-order valence-electron chi connectivity index (χ4n) is 8.88. The highest BCUT2D eigenvalue weighted by Gasteiger charge is 2.21. The summed E-state index contributed by atoms with van der Waals surface area (Å²) in [7, 11) is 0. The summed E-state index contributed by atoms with van der Waals surface area (Å²) in [6.45, 7) is 0. The Morgan fingerprint density at radius 3 is 1.32 bits per heavy atom. The number of hydrogen-bond acceptors (Lipinski definition) is 4. The fourth-order valence-corrected chi connectivity index (χ4v) is 8.88. The van der Waals surface area contributed by atoms with Crippen LogP contribution in [-0.4, -0.2) is 19.5 Å². The lowest BCUT2D eigenvalue weighted by Gasteiger charge is -2.13. The SMILES string of the molecule is c1ccc(-c2cccc(-c3cc(-n4c5ccccc5c5ccccc54)c4c(c3)oc3cc(-c5nc(-c6ccccc6)nc(-c6cccc(-c7ccccc7)c6)n5)ccc34)c2)cc1. The standard InChI is InChI=1S/C57H36N4O/c1-4-16-37(17-5-1)40-22-14-24-42(32-40)45-34-51(61-49-28-12-10-26-46(49)47-27-11-13-29-50(47)61)54-48-31-30-44(35-52(48)62-53(54)36-45)57-59-55(39-20-8-3-9-21-39)58-56(60-57)43-25-15-23-41(33-43)38-18-6-2-7-19-38/h1-36H. The Morgan fingerprint density at radius 1 is 0.290 bits per heavy atom. The maximum absolute atomic E-state index is 6.96. The molecule has 0 N–H and O–H groups in total. The van der Waals surface area contributed by atoms with Crippen LogP contribution in [0.5, 0.6) is 0 Å². The number of para-hydroxylation sites is 2. The zero-order valence-electron chi connectivity index (χ0n) is 33.5. The Morgan fingerprint density at radius 2 is 0.726 bits per heavy atom. The highest BCUT2D eigenvalue weighted by molar-refractivity contribution is 6.15. The van der Waals surface area contributed by atoms with Gasteiger partial charge in [0.2, 0.25) is 0 Å². The molecule has 0 aliphatic heterocycles. The second kappa shape index (κ2) is 14.7. The number of fused-ring (bicyclic) bond motifs is 6. The largest absolute Gasteiger partial charge is 0.456 e. The smallest absolute Gasteiger partial charge is 0.164 e. The van der Waals surface area contributed by atoms with Crippen molar-refractivity contribution in [3.05, 3.63) is 218 Å². The molecule has 62 heavy (non-hydrogen) atoms. The van der Waals surface area contributed by atoms with Crippen molar-refractivity contribution < 1.29 is 4.42 Å². The Balaban J connectivity index is 1.07. The molecular formula is C57H36N4O. The zero-order chi connectivity index (χ0) is 41.0. The highest BCUT2D eigenvalue weighted by Crippen LogP contribution is 2.42. The number of hydrogen-bond donors (Lipinski definition) is 0. The molecule has 5 nitrogen and oxygen atoms in total. The van der Waals surface area contributed by atoms with Gasteiger partial charge in [-0.3, -0.25) is 0 Å². The first kappa shape index (κ1) is 35.5. The molecule has 0 atom stereocenters. The van der Waals surface area contributed by atoms with Gasteiger partial charge in [0.05, 0.1) is 22.1 Å². The van der Waals surface area contributed by atoms with Crippen molar-refractivity contribution in [3.8, 4) is 73.2 Å². The van der Waals surface area contributed by atoms with Gasteiger partial charge in [0.1, 0.15) is 11.2 Å². The molecule has 0 aliphatic rings. The van der Waals surface area contributed by atoms with E-state index in [9.17, 15) is 0 Å². The van der Waals surface area contributed by atoms with Gasteiger partial charge in [-0.2, -0.15) is 0 Å². The van der Waals surface area contributed by atoms with Gasteiger partial charge in [-0.1, -0.05) is 170 Å². The van der Waals surface area contributed by atoms with Crippen LogP contribution in [0.3, 0.4) is 0 Å². The van der Waals surface area contributed by atoms with Gasteiger partial charge in [0.15, 0.2) is 17.5 Å². The molecule has 0 radical (unpaired) electrons. The highest BCUT2D eigenvalue weighted by atomic mass is 16.3. The topological polar surface area (TPSA) is 56.7 Å². The number of furan rings is 1. The summed E-state index contributed by atoms with van der Waals surface area (Å²) in [6, 6.07) is 76.3. The summed E-state index contributed by atoms with van der Waals surface area (Å²) >= 11 is 0. The molecule has 0 saturated heterocycles. The molecule has 12 aromatic rings. The third-order valence-electron chi connectivity index (χ3n) is 11.8. The van der Waals surface area contributed by atoms with Gasteiger partial charge in [-0.25, -0.2) is 15.0 Å². The van der Waals surface area contributed by atoms with Crippen LogP contribution in [0.15, 0.2) is 223 Å². The monoisotopic (exact) mass is 792 g/mol. The number of aromatic nitrogens is 4. The molecule has 0 bridgehead atoms. The molecule has 0 amide bonds. The van der Waals surface area contributed by atoms with Crippen molar-refractivity contribution in [2.24, 2.45) is 0 Å². The normalized spacial score (nSPS) is 11.5. The van der Waals surface area contributed by atoms with E-state index >= 15 is 0 Å². The maximum Gasteiger partial charge on any atom is 0.164 e. The molecule has 9 aromatic carbocycles. The Hall–Kier alpha value is -8.41. The van der Waals surface area contributed by atoms with E-state index in [0.29, 0.717) is 17.5 Å². The minimum absolute atomic E-state index is 0.572. The van der Waals surface area contributed by atoms with E-state index in [-0.39, 0.29) is 0 Å². The molecule has 3 heterocycles. The van der Waals surface area contributed by atoms with Crippen molar-refractivity contribution in [2.75, 3.05) is 0 Å². The van der Waals surface area contributed by atoms with Gasteiger partial charge < -0.3 is 8.98 Å². The predicted molar refractivity (Wildman–Crippen MR) is 254 cm³/mol. The molecule has 5 heteroatoms.